The molecule has 1 N–H and O–H groups in total. The topological polar surface area (TPSA) is 29.1 Å². The van der Waals surface area contributed by atoms with Gasteiger partial charge >= 0.3 is 0 Å². The Kier molecular flexibility index (Phi) is 6.61. The number of hydrogen-bond donors (Lipinski definition) is 1. The van der Waals surface area contributed by atoms with Crippen molar-refractivity contribution in [2.75, 3.05) is 5.32 Å². The molecule has 1 rings (SSSR count). The SMILES string of the molecule is CCCCC(CC)C(=O)Nc1ccccc1C(C)C. The van der Waals surface area contributed by atoms with E-state index in [9.17, 15) is 4.79 Å². The number of anilines is 1. The number of para-hydroxylation sites is 1. The average molecular weight is 261 g/mol. The van der Waals surface area contributed by atoms with Gasteiger partial charge in [0.2, 0.25) is 5.91 Å². The number of nitrogens with one attached hydrogen (secondary N) is 1. The predicted molar refractivity (Wildman–Crippen MR) is 82.5 cm³/mol. The molecule has 1 aromatic carbocycles. The number of carbonyl (C=O) groups is 1. The molecule has 0 aliphatic rings. The van der Waals surface area contributed by atoms with Gasteiger partial charge in [-0.15, -0.1) is 0 Å². The lowest BCUT2D eigenvalue weighted by Gasteiger charge is -2.18. The molecule has 0 heterocycles. The zero-order chi connectivity index (χ0) is 14.3. The summed E-state index contributed by atoms with van der Waals surface area (Å²) >= 11 is 0. The standard InChI is InChI=1S/C17H27NO/c1-5-7-10-14(6-2)17(19)18-16-12-9-8-11-15(16)13(3)4/h8-9,11-14H,5-7,10H2,1-4H3,(H,18,19). The third-order valence-electron chi connectivity index (χ3n) is 3.61. The molecule has 2 heteroatoms. The quantitative estimate of drug-likeness (QED) is 0.738. The van der Waals surface area contributed by atoms with E-state index in [0.717, 1.165) is 31.4 Å². The summed E-state index contributed by atoms with van der Waals surface area (Å²) in [6.45, 7) is 8.56. The van der Waals surface area contributed by atoms with Crippen LogP contribution in [0.1, 0.15) is 64.9 Å². The van der Waals surface area contributed by atoms with Crippen molar-refractivity contribution in [1.82, 2.24) is 0 Å². The van der Waals surface area contributed by atoms with Crippen molar-refractivity contribution in [3.05, 3.63) is 29.8 Å². The van der Waals surface area contributed by atoms with Gasteiger partial charge in [-0.05, 0) is 30.4 Å². The van der Waals surface area contributed by atoms with Gasteiger partial charge in [-0.2, -0.15) is 0 Å². The molecule has 0 aliphatic carbocycles. The molecule has 1 unspecified atom stereocenters. The van der Waals surface area contributed by atoms with Gasteiger partial charge < -0.3 is 5.32 Å². The summed E-state index contributed by atoms with van der Waals surface area (Å²) in [5.41, 5.74) is 2.18. The van der Waals surface area contributed by atoms with E-state index in [1.54, 1.807) is 0 Å². The first kappa shape index (κ1) is 15.7. The Bertz CT molecular complexity index is 398. The minimum Gasteiger partial charge on any atom is -0.326 e. The van der Waals surface area contributed by atoms with Crippen molar-refractivity contribution in [3.8, 4) is 0 Å². The van der Waals surface area contributed by atoms with Crippen LogP contribution < -0.4 is 5.32 Å². The molecule has 19 heavy (non-hydrogen) atoms. The number of carbonyl (C=O) groups excluding carboxylic acids is 1. The maximum absolute atomic E-state index is 12.3. The molecule has 1 aromatic rings. The highest BCUT2D eigenvalue weighted by Crippen LogP contribution is 2.25. The lowest BCUT2D eigenvalue weighted by Crippen LogP contribution is -2.23. The Morgan fingerprint density at radius 1 is 1.21 bits per heavy atom. The van der Waals surface area contributed by atoms with E-state index in [-0.39, 0.29) is 11.8 Å². The molecule has 0 aliphatic heterocycles. The van der Waals surface area contributed by atoms with Crippen LogP contribution in [0.5, 0.6) is 0 Å². The molecule has 0 bridgehead atoms. The lowest BCUT2D eigenvalue weighted by atomic mass is 9.97. The van der Waals surface area contributed by atoms with E-state index in [1.807, 2.05) is 18.2 Å². The Morgan fingerprint density at radius 3 is 2.47 bits per heavy atom. The van der Waals surface area contributed by atoms with Crippen LogP contribution in [0, 0.1) is 5.92 Å². The van der Waals surface area contributed by atoms with Crippen molar-refractivity contribution < 1.29 is 4.79 Å². The van der Waals surface area contributed by atoms with Crippen molar-refractivity contribution in [2.45, 2.75) is 59.3 Å². The van der Waals surface area contributed by atoms with E-state index in [4.69, 9.17) is 0 Å². The van der Waals surface area contributed by atoms with Crippen LogP contribution in [0.25, 0.3) is 0 Å². The summed E-state index contributed by atoms with van der Waals surface area (Å²) in [7, 11) is 0. The third-order valence-corrected chi connectivity index (χ3v) is 3.61. The van der Waals surface area contributed by atoms with E-state index in [0.29, 0.717) is 5.92 Å². The Morgan fingerprint density at radius 2 is 1.89 bits per heavy atom. The molecule has 0 aromatic heterocycles. The predicted octanol–water partition coefficient (Wildman–Crippen LogP) is 4.96. The minimum atomic E-state index is 0.139. The number of hydrogen-bond acceptors (Lipinski definition) is 1. The molecular weight excluding hydrogens is 234 g/mol. The van der Waals surface area contributed by atoms with Gasteiger partial charge in [0.1, 0.15) is 0 Å². The second-order valence-corrected chi connectivity index (χ2v) is 5.48. The smallest absolute Gasteiger partial charge is 0.227 e. The summed E-state index contributed by atoms with van der Waals surface area (Å²) in [6.07, 6.45) is 4.17. The van der Waals surface area contributed by atoms with Crippen LogP contribution in [0.2, 0.25) is 0 Å². The molecule has 0 saturated heterocycles. The number of rotatable bonds is 7. The van der Waals surface area contributed by atoms with Gasteiger partial charge in [0.25, 0.3) is 0 Å². The van der Waals surface area contributed by atoms with Crippen LogP contribution in [-0.4, -0.2) is 5.91 Å². The van der Waals surface area contributed by atoms with E-state index < -0.39 is 0 Å². The molecule has 2 nitrogen and oxygen atoms in total. The van der Waals surface area contributed by atoms with Crippen molar-refractivity contribution in [3.63, 3.8) is 0 Å². The first-order valence-electron chi connectivity index (χ1n) is 7.49. The fourth-order valence-corrected chi connectivity index (χ4v) is 2.32. The summed E-state index contributed by atoms with van der Waals surface area (Å²) in [5, 5.41) is 3.11. The Labute approximate surface area is 117 Å². The molecule has 1 amide bonds. The molecule has 0 spiro atoms. The van der Waals surface area contributed by atoms with Gasteiger partial charge in [-0.3, -0.25) is 4.79 Å². The maximum atomic E-state index is 12.3. The van der Waals surface area contributed by atoms with Gasteiger partial charge in [-0.25, -0.2) is 0 Å². The molecular formula is C17H27NO. The fraction of sp³-hybridized carbons (Fsp3) is 0.588. The van der Waals surface area contributed by atoms with Crippen molar-refractivity contribution in [1.29, 1.82) is 0 Å². The summed E-state index contributed by atoms with van der Waals surface area (Å²) in [6, 6.07) is 8.10. The van der Waals surface area contributed by atoms with E-state index >= 15 is 0 Å². The monoisotopic (exact) mass is 261 g/mol. The van der Waals surface area contributed by atoms with Crippen LogP contribution in [0.15, 0.2) is 24.3 Å². The third kappa shape index (κ3) is 4.70. The highest BCUT2D eigenvalue weighted by atomic mass is 16.1. The Hall–Kier alpha value is -1.31. The van der Waals surface area contributed by atoms with Crippen LogP contribution in [-0.2, 0) is 4.79 Å². The van der Waals surface area contributed by atoms with Gasteiger partial charge in [-0.1, -0.05) is 58.7 Å². The number of amides is 1. The molecule has 0 saturated carbocycles. The second kappa shape index (κ2) is 7.98. The van der Waals surface area contributed by atoms with Crippen LogP contribution >= 0.6 is 0 Å². The number of unbranched alkanes of at least 4 members (excludes halogenated alkanes) is 1. The van der Waals surface area contributed by atoms with E-state index in [1.165, 1.54) is 5.56 Å². The highest BCUT2D eigenvalue weighted by molar-refractivity contribution is 5.93. The van der Waals surface area contributed by atoms with Gasteiger partial charge in [0.05, 0.1) is 0 Å². The second-order valence-electron chi connectivity index (χ2n) is 5.48. The maximum Gasteiger partial charge on any atom is 0.227 e. The largest absolute Gasteiger partial charge is 0.326 e. The van der Waals surface area contributed by atoms with E-state index in [2.05, 4.69) is 39.1 Å². The summed E-state index contributed by atoms with van der Waals surface area (Å²) in [4.78, 5) is 12.3. The summed E-state index contributed by atoms with van der Waals surface area (Å²) in [5.74, 6) is 0.733. The fourth-order valence-electron chi connectivity index (χ4n) is 2.32. The van der Waals surface area contributed by atoms with Crippen molar-refractivity contribution in [2.24, 2.45) is 5.92 Å². The average Bonchev–Trinajstić information content (AvgIpc) is 2.40. The number of benzene rings is 1. The van der Waals surface area contributed by atoms with Crippen molar-refractivity contribution >= 4 is 11.6 Å². The lowest BCUT2D eigenvalue weighted by molar-refractivity contribution is -0.120. The molecule has 0 fully saturated rings. The minimum absolute atomic E-state index is 0.139. The zero-order valence-corrected chi connectivity index (χ0v) is 12.7. The summed E-state index contributed by atoms with van der Waals surface area (Å²) < 4.78 is 0. The van der Waals surface area contributed by atoms with Crippen LogP contribution in [0.4, 0.5) is 5.69 Å². The molecule has 0 radical (unpaired) electrons. The Balaban J connectivity index is 2.75. The molecule has 106 valence electrons. The zero-order valence-electron chi connectivity index (χ0n) is 12.7. The normalized spacial score (nSPS) is 12.5. The van der Waals surface area contributed by atoms with Gasteiger partial charge in [0, 0.05) is 11.6 Å². The molecule has 1 atom stereocenters. The highest BCUT2D eigenvalue weighted by Gasteiger charge is 2.17. The van der Waals surface area contributed by atoms with Crippen LogP contribution in [0.3, 0.4) is 0 Å². The first-order valence-corrected chi connectivity index (χ1v) is 7.49. The first-order chi connectivity index (χ1) is 9.10. The van der Waals surface area contributed by atoms with Gasteiger partial charge in [0.15, 0.2) is 0 Å².